The molecule has 1 aromatic heterocycles. The fourth-order valence-corrected chi connectivity index (χ4v) is 9.38. The standard InChI is InChI=1S/C44H69N5O12/c1-9-34-44(7,56)39(54)26(3)37(52)31-21-43(6,58-24-31)40(27(4)36(51)28(5)41(55)60-34)61-42-38(53)33(20-25(2)59-42)48(8)22-29-15-17-30(18-16-29)32-23-49(47-45-32)19-13-11-10-12-14-35(50)46-57/h15-18,23,25-28,31,33-34,36,38-40,42,51,53-54,56-57H,9-14,19-22,24H2,1-8H3,(H,46,50)/t25-,26+,27+,28-,31+,33+,34-,36+,38-,39-,40-,42+,43-,44-/m1/s1. The van der Waals surface area contributed by atoms with Crippen molar-refractivity contribution < 1.29 is 59.0 Å². The minimum atomic E-state index is -1.94. The molecule has 3 fully saturated rings. The van der Waals surface area contributed by atoms with Gasteiger partial charge in [0.2, 0.25) is 5.91 Å². The number of amides is 1. The number of carbonyl (C=O) groups is 3. The molecular weight excluding hydrogens is 791 g/mol. The van der Waals surface area contributed by atoms with Crippen LogP contribution in [0.2, 0.25) is 0 Å². The number of aliphatic hydroxyl groups is 4. The van der Waals surface area contributed by atoms with E-state index < -0.39 is 77.7 Å². The predicted molar refractivity (Wildman–Crippen MR) is 221 cm³/mol. The lowest BCUT2D eigenvalue weighted by molar-refractivity contribution is -0.299. The number of hydrogen-bond donors (Lipinski definition) is 6. The van der Waals surface area contributed by atoms with Crippen LogP contribution in [0.25, 0.3) is 11.3 Å². The highest BCUT2D eigenvalue weighted by atomic mass is 16.7. The van der Waals surface area contributed by atoms with Crippen LogP contribution < -0.4 is 5.48 Å². The number of aryl methyl sites for hydroxylation is 1. The van der Waals surface area contributed by atoms with Gasteiger partial charge in [0.05, 0.1) is 48.7 Å². The molecule has 0 spiro atoms. The number of hydrogen-bond acceptors (Lipinski definition) is 15. The Kier molecular flexibility index (Phi) is 16.6. The first-order valence-corrected chi connectivity index (χ1v) is 21.9. The summed E-state index contributed by atoms with van der Waals surface area (Å²) in [4.78, 5) is 40.6. The van der Waals surface area contributed by atoms with Crippen LogP contribution in [-0.4, -0.2) is 137 Å². The number of aliphatic hydroxyl groups excluding tert-OH is 3. The molecule has 2 bridgehead atoms. The Morgan fingerprint density at radius 2 is 1.70 bits per heavy atom. The SMILES string of the molecule is CC[C@H]1OC(=O)[C@H](C)[C@@H](O)[C@H](C)[C@@H](O[C@@H]2O[C@H](C)C[C@H](N(C)Cc3ccc(-c4cn(CCCCCCC(=O)NO)nn4)cc3)[C@H]2O)[C@@]2(C)C[C@@H](CO2)C(=O)[C@H](C)[C@@H](O)[C@]1(C)O. The second-order valence-electron chi connectivity index (χ2n) is 18.2. The highest BCUT2D eigenvalue weighted by Crippen LogP contribution is 2.43. The van der Waals surface area contributed by atoms with Crippen LogP contribution in [0, 0.1) is 23.7 Å². The fourth-order valence-electron chi connectivity index (χ4n) is 9.38. The van der Waals surface area contributed by atoms with Crippen molar-refractivity contribution in [2.24, 2.45) is 23.7 Å². The Balaban J connectivity index is 1.27. The van der Waals surface area contributed by atoms with E-state index in [1.165, 1.54) is 13.8 Å². The molecule has 0 unspecified atom stereocenters. The molecule has 6 N–H and O–H groups in total. The number of aromatic nitrogens is 3. The lowest BCUT2D eigenvalue weighted by Crippen LogP contribution is -2.59. The maximum Gasteiger partial charge on any atom is 0.311 e. The van der Waals surface area contributed by atoms with Gasteiger partial charge in [0.1, 0.15) is 29.3 Å². The summed E-state index contributed by atoms with van der Waals surface area (Å²) in [6.45, 7) is 12.8. The number of carbonyl (C=O) groups excluding carboxylic acids is 3. The molecule has 342 valence electrons. The number of benzene rings is 1. The van der Waals surface area contributed by atoms with Crippen LogP contribution >= 0.6 is 0 Å². The lowest BCUT2D eigenvalue weighted by Gasteiger charge is -2.47. The second kappa shape index (κ2) is 20.9. The summed E-state index contributed by atoms with van der Waals surface area (Å²) < 4.78 is 26.9. The van der Waals surface area contributed by atoms with Crippen LogP contribution in [0.5, 0.6) is 0 Å². The van der Waals surface area contributed by atoms with E-state index in [4.69, 9.17) is 24.2 Å². The van der Waals surface area contributed by atoms with Crippen LogP contribution in [-0.2, 0) is 46.4 Å². The number of rotatable bonds is 14. The average molecular weight is 860 g/mol. The number of hydroxylamine groups is 1. The highest BCUT2D eigenvalue weighted by molar-refractivity contribution is 5.84. The minimum absolute atomic E-state index is 0.0168. The number of esters is 1. The monoisotopic (exact) mass is 859 g/mol. The number of ketones is 1. The molecule has 0 aliphatic carbocycles. The highest BCUT2D eigenvalue weighted by Gasteiger charge is 2.55. The van der Waals surface area contributed by atoms with Crippen LogP contribution in [0.15, 0.2) is 30.5 Å². The Bertz CT molecular complexity index is 1760. The quantitative estimate of drug-likeness (QED) is 0.0693. The van der Waals surface area contributed by atoms with Crippen molar-refractivity contribution in [2.75, 3.05) is 13.7 Å². The number of likely N-dealkylation sites (N-methyl/N-ethyl adjacent to an activating group) is 1. The van der Waals surface area contributed by atoms with Crippen molar-refractivity contribution in [1.82, 2.24) is 25.4 Å². The average Bonchev–Trinajstić information content (AvgIpc) is 3.89. The van der Waals surface area contributed by atoms with Gasteiger partial charge < -0.3 is 39.4 Å². The molecular formula is C44H69N5O12. The molecule has 0 radical (unpaired) electrons. The topological polar surface area (TPSA) is 235 Å². The molecule has 3 aliphatic rings. The van der Waals surface area contributed by atoms with Crippen molar-refractivity contribution in [1.29, 1.82) is 0 Å². The molecule has 0 saturated carbocycles. The molecule has 14 atom stereocenters. The van der Waals surface area contributed by atoms with E-state index in [0.717, 1.165) is 36.1 Å². The van der Waals surface area contributed by atoms with Crippen molar-refractivity contribution in [2.45, 2.75) is 173 Å². The zero-order chi connectivity index (χ0) is 44.8. The molecule has 3 saturated heterocycles. The largest absolute Gasteiger partial charge is 0.459 e. The van der Waals surface area contributed by atoms with E-state index >= 15 is 0 Å². The first-order chi connectivity index (χ1) is 28.8. The molecule has 5 rings (SSSR count). The van der Waals surface area contributed by atoms with Gasteiger partial charge in [0.25, 0.3) is 0 Å². The summed E-state index contributed by atoms with van der Waals surface area (Å²) in [5.74, 6) is -4.99. The number of ether oxygens (including phenoxy) is 4. The van der Waals surface area contributed by atoms with Gasteiger partial charge in [-0.1, -0.05) is 63.1 Å². The molecule has 1 amide bonds. The summed E-state index contributed by atoms with van der Waals surface area (Å²) in [5, 5.41) is 63.6. The van der Waals surface area contributed by atoms with Gasteiger partial charge in [-0.3, -0.25) is 29.2 Å². The normalized spacial score (nSPS) is 36.4. The Morgan fingerprint density at radius 1 is 1.02 bits per heavy atom. The first-order valence-electron chi connectivity index (χ1n) is 21.9. The van der Waals surface area contributed by atoms with Gasteiger partial charge >= 0.3 is 5.97 Å². The van der Waals surface area contributed by atoms with E-state index in [0.29, 0.717) is 32.4 Å². The third-order valence-electron chi connectivity index (χ3n) is 13.3. The van der Waals surface area contributed by atoms with Crippen molar-refractivity contribution in [3.63, 3.8) is 0 Å². The molecule has 17 heteroatoms. The smallest absolute Gasteiger partial charge is 0.311 e. The van der Waals surface area contributed by atoms with Gasteiger partial charge in [0.15, 0.2) is 6.29 Å². The summed E-state index contributed by atoms with van der Waals surface area (Å²) in [6.07, 6.45) is -1.12. The molecule has 4 heterocycles. The predicted octanol–water partition coefficient (Wildman–Crippen LogP) is 3.16. The molecule has 61 heavy (non-hydrogen) atoms. The van der Waals surface area contributed by atoms with E-state index in [9.17, 15) is 34.8 Å². The second-order valence-corrected chi connectivity index (χ2v) is 18.2. The summed E-state index contributed by atoms with van der Waals surface area (Å²) in [7, 11) is 1.93. The Labute approximate surface area is 359 Å². The number of nitrogens with zero attached hydrogens (tertiary/aromatic N) is 4. The van der Waals surface area contributed by atoms with Crippen LogP contribution in [0.4, 0.5) is 0 Å². The van der Waals surface area contributed by atoms with E-state index in [-0.39, 0.29) is 43.3 Å². The molecule has 17 nitrogen and oxygen atoms in total. The number of fused-ring (bicyclic) bond motifs is 2. The number of unbranched alkanes of at least 4 members (excludes halogenated alkanes) is 3. The van der Waals surface area contributed by atoms with E-state index in [1.54, 1.807) is 37.9 Å². The fraction of sp³-hybridized carbons (Fsp3) is 0.750. The van der Waals surface area contributed by atoms with Gasteiger partial charge in [-0.2, -0.15) is 0 Å². The third-order valence-corrected chi connectivity index (χ3v) is 13.3. The first kappa shape index (κ1) is 48.6. The Hall–Kier alpha value is -3.39. The molecule has 1 aromatic carbocycles. The number of Topliss-reactive ketones (excluding diaryl/α,β-unsaturated/α-hetero) is 1. The van der Waals surface area contributed by atoms with Gasteiger partial charge in [-0.25, -0.2) is 5.48 Å². The third kappa shape index (κ3) is 11.4. The summed E-state index contributed by atoms with van der Waals surface area (Å²) >= 11 is 0. The lowest BCUT2D eigenvalue weighted by atomic mass is 9.75. The van der Waals surface area contributed by atoms with Gasteiger partial charge in [0, 0.05) is 48.9 Å². The number of cyclic esters (lactones) is 1. The van der Waals surface area contributed by atoms with Crippen LogP contribution in [0.1, 0.15) is 105 Å². The molecule has 3 aliphatic heterocycles. The summed E-state index contributed by atoms with van der Waals surface area (Å²) in [6, 6.07) is 7.62. The maximum absolute atomic E-state index is 13.9. The van der Waals surface area contributed by atoms with E-state index in [1.807, 2.05) is 44.4 Å². The van der Waals surface area contributed by atoms with Crippen molar-refractivity contribution >= 4 is 17.7 Å². The van der Waals surface area contributed by atoms with Crippen molar-refractivity contribution in [3.05, 3.63) is 36.0 Å². The van der Waals surface area contributed by atoms with Crippen LogP contribution in [0.3, 0.4) is 0 Å². The van der Waals surface area contributed by atoms with Gasteiger partial charge in [-0.15, -0.1) is 5.10 Å². The zero-order valence-corrected chi connectivity index (χ0v) is 37.0. The zero-order valence-electron chi connectivity index (χ0n) is 37.0. The maximum atomic E-state index is 13.9. The minimum Gasteiger partial charge on any atom is -0.459 e. The molecule has 2 aromatic rings. The van der Waals surface area contributed by atoms with Gasteiger partial charge in [-0.05, 0) is 72.4 Å². The summed E-state index contributed by atoms with van der Waals surface area (Å²) in [5.41, 5.74) is 1.21. The number of nitrogens with one attached hydrogen (secondary N) is 1. The Morgan fingerprint density at radius 3 is 2.38 bits per heavy atom. The van der Waals surface area contributed by atoms with Crippen molar-refractivity contribution in [3.8, 4) is 11.3 Å². The van der Waals surface area contributed by atoms with E-state index in [2.05, 4.69) is 15.2 Å².